The van der Waals surface area contributed by atoms with Crippen LogP contribution in [0.5, 0.6) is 0 Å². The van der Waals surface area contributed by atoms with Gasteiger partial charge in [0.15, 0.2) is 5.96 Å². The zero-order valence-corrected chi connectivity index (χ0v) is 17.0. The quantitative estimate of drug-likeness (QED) is 0.274. The lowest BCUT2D eigenvalue weighted by atomic mass is 10.1. The Balaban J connectivity index is 0.00000288. The molecule has 7 heteroatoms. The van der Waals surface area contributed by atoms with Gasteiger partial charge < -0.3 is 15.2 Å². The molecule has 1 aromatic heterocycles. The summed E-state index contributed by atoms with van der Waals surface area (Å²) in [6.45, 7) is 5.43. The summed E-state index contributed by atoms with van der Waals surface area (Å²) in [4.78, 5) is 8.63. The number of aromatic nitrogens is 2. The number of rotatable bonds is 8. The minimum Gasteiger partial charge on any atom is -0.357 e. The van der Waals surface area contributed by atoms with Gasteiger partial charge in [0.2, 0.25) is 0 Å². The molecule has 2 N–H and O–H groups in total. The number of imidazole rings is 1. The highest BCUT2D eigenvalue weighted by molar-refractivity contribution is 14.0. The molecule has 0 saturated carbocycles. The first-order valence-corrected chi connectivity index (χ1v) is 8.38. The molecular weight excluding hydrogens is 437 g/mol. The van der Waals surface area contributed by atoms with E-state index in [0.29, 0.717) is 0 Å². The van der Waals surface area contributed by atoms with Crippen LogP contribution in [0.2, 0.25) is 5.02 Å². The number of hydrogen-bond donors (Lipinski definition) is 2. The number of guanidine groups is 1. The molecule has 5 nitrogen and oxygen atoms in total. The lowest BCUT2D eigenvalue weighted by Gasteiger charge is -2.12. The van der Waals surface area contributed by atoms with E-state index in [-0.39, 0.29) is 24.0 Å². The number of nitrogens with one attached hydrogen (secondary N) is 2. The van der Waals surface area contributed by atoms with Crippen molar-refractivity contribution in [3.05, 3.63) is 53.6 Å². The van der Waals surface area contributed by atoms with E-state index in [9.17, 15) is 0 Å². The van der Waals surface area contributed by atoms with Crippen LogP contribution in [0.15, 0.2) is 48.0 Å². The molecule has 0 amide bonds. The Morgan fingerprint density at radius 2 is 2.12 bits per heavy atom. The van der Waals surface area contributed by atoms with Crippen molar-refractivity contribution in [2.45, 2.75) is 26.3 Å². The Labute approximate surface area is 165 Å². The van der Waals surface area contributed by atoms with Crippen LogP contribution in [0.25, 0.3) is 0 Å². The molecule has 0 bridgehead atoms. The molecule has 0 aliphatic heterocycles. The molecule has 0 unspecified atom stereocenters. The molecular formula is C17H25ClIN5. The van der Waals surface area contributed by atoms with E-state index in [2.05, 4.69) is 38.2 Å². The first kappa shape index (κ1) is 20.8. The van der Waals surface area contributed by atoms with Crippen LogP contribution in [-0.2, 0) is 13.0 Å². The van der Waals surface area contributed by atoms with Crippen molar-refractivity contribution in [3.8, 4) is 0 Å². The van der Waals surface area contributed by atoms with Crippen LogP contribution >= 0.6 is 35.6 Å². The average Bonchev–Trinajstić information content (AvgIpc) is 3.06. The van der Waals surface area contributed by atoms with Gasteiger partial charge in [-0.2, -0.15) is 0 Å². The smallest absolute Gasteiger partial charge is 0.191 e. The van der Waals surface area contributed by atoms with Gasteiger partial charge in [-0.15, -0.1) is 24.0 Å². The van der Waals surface area contributed by atoms with Gasteiger partial charge in [-0.25, -0.2) is 4.98 Å². The molecule has 0 fully saturated rings. The fraction of sp³-hybridized carbons (Fsp3) is 0.412. The van der Waals surface area contributed by atoms with Crippen LogP contribution in [0.1, 0.15) is 18.9 Å². The number of halogens is 2. The Kier molecular flexibility index (Phi) is 10.5. The van der Waals surface area contributed by atoms with E-state index in [1.54, 1.807) is 6.20 Å². The summed E-state index contributed by atoms with van der Waals surface area (Å²) in [6.07, 6.45) is 7.45. The summed E-state index contributed by atoms with van der Waals surface area (Å²) in [5.74, 6) is 0.852. The molecule has 0 saturated heterocycles. The Bertz CT molecular complexity index is 601. The van der Waals surface area contributed by atoms with Crippen molar-refractivity contribution in [1.82, 2.24) is 20.2 Å². The minimum atomic E-state index is 0. The average molecular weight is 462 g/mol. The van der Waals surface area contributed by atoms with Gasteiger partial charge in [0, 0.05) is 43.6 Å². The van der Waals surface area contributed by atoms with Gasteiger partial charge in [0.1, 0.15) is 0 Å². The fourth-order valence-corrected chi connectivity index (χ4v) is 2.45. The summed E-state index contributed by atoms with van der Waals surface area (Å²) in [5.41, 5.74) is 1.15. The molecule has 0 aliphatic carbocycles. The molecule has 0 atom stereocenters. The van der Waals surface area contributed by atoms with Crippen LogP contribution in [0, 0.1) is 0 Å². The second-order valence-electron chi connectivity index (χ2n) is 5.18. The summed E-state index contributed by atoms with van der Waals surface area (Å²) >= 11 is 6.17. The van der Waals surface area contributed by atoms with Crippen LogP contribution < -0.4 is 10.6 Å². The number of hydrogen-bond acceptors (Lipinski definition) is 2. The predicted octanol–water partition coefficient (Wildman–Crippen LogP) is 3.34. The summed E-state index contributed by atoms with van der Waals surface area (Å²) in [5, 5.41) is 7.43. The molecule has 132 valence electrons. The van der Waals surface area contributed by atoms with Gasteiger partial charge >= 0.3 is 0 Å². The molecule has 0 radical (unpaired) electrons. The van der Waals surface area contributed by atoms with Crippen LogP contribution in [0.4, 0.5) is 0 Å². The van der Waals surface area contributed by atoms with E-state index in [1.165, 1.54) is 0 Å². The second-order valence-corrected chi connectivity index (χ2v) is 5.59. The molecule has 1 aromatic carbocycles. The summed E-state index contributed by atoms with van der Waals surface area (Å²) in [6, 6.07) is 7.94. The molecule has 24 heavy (non-hydrogen) atoms. The number of nitrogens with zero attached hydrogens (tertiary/aromatic N) is 3. The maximum atomic E-state index is 6.17. The highest BCUT2D eigenvalue weighted by Crippen LogP contribution is 2.14. The van der Waals surface area contributed by atoms with Gasteiger partial charge in [-0.3, -0.25) is 4.99 Å². The van der Waals surface area contributed by atoms with Gasteiger partial charge in [-0.1, -0.05) is 29.8 Å². The van der Waals surface area contributed by atoms with Gasteiger partial charge in [0.05, 0.1) is 6.33 Å². The van der Waals surface area contributed by atoms with Gasteiger partial charge in [0.25, 0.3) is 0 Å². The highest BCUT2D eigenvalue weighted by atomic mass is 127. The van der Waals surface area contributed by atoms with Crippen molar-refractivity contribution in [2.24, 2.45) is 4.99 Å². The van der Waals surface area contributed by atoms with Crippen molar-refractivity contribution in [3.63, 3.8) is 0 Å². The van der Waals surface area contributed by atoms with E-state index in [4.69, 9.17) is 11.6 Å². The lowest BCUT2D eigenvalue weighted by Crippen LogP contribution is -2.38. The Hall–Kier alpha value is -1.28. The SMILES string of the molecule is CCNC(=NCCCn1ccnc1)NCCc1ccccc1Cl.I. The lowest BCUT2D eigenvalue weighted by molar-refractivity contribution is 0.647. The maximum Gasteiger partial charge on any atom is 0.191 e. The largest absolute Gasteiger partial charge is 0.357 e. The van der Waals surface area contributed by atoms with Crippen molar-refractivity contribution >= 4 is 41.5 Å². The molecule has 2 aromatic rings. The minimum absolute atomic E-state index is 0. The molecule has 2 rings (SSSR count). The van der Waals surface area contributed by atoms with Crippen LogP contribution in [0.3, 0.4) is 0 Å². The zero-order chi connectivity index (χ0) is 16.3. The first-order chi connectivity index (χ1) is 11.3. The fourth-order valence-electron chi connectivity index (χ4n) is 2.22. The standard InChI is InChI=1S/C17H24ClN5.HI/c1-2-20-17(21-9-5-12-23-13-11-19-14-23)22-10-8-15-6-3-4-7-16(15)18;/h3-4,6-7,11,13-14H,2,5,8-10,12H2,1H3,(H2,20,21,22);1H. The third-order valence-corrected chi connectivity index (χ3v) is 3.76. The Morgan fingerprint density at radius 3 is 2.83 bits per heavy atom. The second kappa shape index (κ2) is 12.1. The Morgan fingerprint density at radius 1 is 1.29 bits per heavy atom. The maximum absolute atomic E-state index is 6.17. The molecule has 1 heterocycles. The van der Waals surface area contributed by atoms with Crippen LogP contribution in [-0.4, -0.2) is 35.1 Å². The topological polar surface area (TPSA) is 54.2 Å². The monoisotopic (exact) mass is 461 g/mol. The number of aliphatic imine (C=N–C) groups is 1. The number of benzene rings is 1. The summed E-state index contributed by atoms with van der Waals surface area (Å²) in [7, 11) is 0. The number of aryl methyl sites for hydroxylation is 1. The van der Waals surface area contributed by atoms with E-state index in [0.717, 1.165) is 55.6 Å². The molecule has 0 spiro atoms. The van der Waals surface area contributed by atoms with Crippen molar-refractivity contribution < 1.29 is 0 Å². The zero-order valence-electron chi connectivity index (χ0n) is 13.9. The first-order valence-electron chi connectivity index (χ1n) is 8.01. The van der Waals surface area contributed by atoms with E-state index < -0.39 is 0 Å². The van der Waals surface area contributed by atoms with Gasteiger partial charge in [-0.05, 0) is 31.4 Å². The van der Waals surface area contributed by atoms with Crippen molar-refractivity contribution in [1.29, 1.82) is 0 Å². The predicted molar refractivity (Wildman–Crippen MR) is 111 cm³/mol. The third kappa shape index (κ3) is 7.53. The molecule has 0 aliphatic rings. The summed E-state index contributed by atoms with van der Waals surface area (Å²) < 4.78 is 2.06. The van der Waals surface area contributed by atoms with Crippen molar-refractivity contribution in [2.75, 3.05) is 19.6 Å². The highest BCUT2D eigenvalue weighted by Gasteiger charge is 2.00. The van der Waals surface area contributed by atoms with E-state index in [1.807, 2.05) is 30.7 Å². The van der Waals surface area contributed by atoms with E-state index >= 15 is 0 Å². The normalized spacial score (nSPS) is 11.0. The third-order valence-electron chi connectivity index (χ3n) is 3.39.